The van der Waals surface area contributed by atoms with Crippen molar-refractivity contribution in [1.29, 1.82) is 0 Å². The van der Waals surface area contributed by atoms with Crippen molar-refractivity contribution in [2.24, 2.45) is 7.05 Å². The summed E-state index contributed by atoms with van der Waals surface area (Å²) in [4.78, 5) is 12.2. The van der Waals surface area contributed by atoms with E-state index in [9.17, 15) is 4.79 Å². The van der Waals surface area contributed by atoms with Crippen molar-refractivity contribution in [2.45, 2.75) is 25.8 Å². The number of hydrogen-bond acceptors (Lipinski definition) is 4. The van der Waals surface area contributed by atoms with Gasteiger partial charge in [0.05, 0.1) is 18.7 Å². The molecule has 0 bridgehead atoms. The Kier molecular flexibility index (Phi) is 3.07. The van der Waals surface area contributed by atoms with Crippen LogP contribution in [0.4, 0.5) is 5.82 Å². The van der Waals surface area contributed by atoms with Crippen LogP contribution in [0, 0.1) is 6.92 Å². The maximum absolute atomic E-state index is 12.2. The highest BCUT2D eigenvalue weighted by atomic mass is 16.3. The first kappa shape index (κ1) is 13.8. The van der Waals surface area contributed by atoms with Gasteiger partial charge in [0.2, 0.25) is 5.91 Å². The number of fused-ring (bicyclic) bond motifs is 1. The lowest BCUT2D eigenvalue weighted by Gasteiger charge is -2.23. The minimum absolute atomic E-state index is 0.00746. The van der Waals surface area contributed by atoms with Gasteiger partial charge in [0.25, 0.3) is 0 Å². The van der Waals surface area contributed by atoms with E-state index in [1.54, 1.807) is 10.9 Å². The van der Waals surface area contributed by atoms with E-state index in [1.807, 2.05) is 43.2 Å². The van der Waals surface area contributed by atoms with Crippen LogP contribution in [0.1, 0.15) is 34.9 Å². The lowest BCUT2D eigenvalue weighted by molar-refractivity contribution is -0.116. The van der Waals surface area contributed by atoms with Gasteiger partial charge in [0, 0.05) is 36.2 Å². The van der Waals surface area contributed by atoms with Crippen molar-refractivity contribution in [2.75, 3.05) is 5.32 Å². The fourth-order valence-corrected chi connectivity index (χ4v) is 3.08. The molecule has 1 atom stereocenters. The molecule has 0 aromatic carbocycles. The Morgan fingerprint density at radius 3 is 2.87 bits per heavy atom. The average molecular weight is 311 g/mol. The minimum Gasteiger partial charge on any atom is -0.467 e. The highest BCUT2D eigenvalue weighted by molar-refractivity contribution is 5.94. The average Bonchev–Trinajstić information content (AvgIpc) is 3.24. The maximum Gasteiger partial charge on any atom is 0.226 e. The van der Waals surface area contributed by atoms with E-state index in [0.717, 1.165) is 28.4 Å². The first-order chi connectivity index (χ1) is 11.1. The molecule has 118 valence electrons. The summed E-state index contributed by atoms with van der Waals surface area (Å²) >= 11 is 0. The molecule has 1 amide bonds. The van der Waals surface area contributed by atoms with Crippen LogP contribution in [0.3, 0.4) is 0 Å². The Balaban J connectivity index is 1.75. The Morgan fingerprint density at radius 1 is 1.35 bits per heavy atom. The molecule has 0 saturated carbocycles. The van der Waals surface area contributed by atoms with Gasteiger partial charge in [-0.1, -0.05) is 0 Å². The molecule has 0 radical (unpaired) electrons. The van der Waals surface area contributed by atoms with Crippen LogP contribution in [-0.4, -0.2) is 25.5 Å². The molecule has 4 rings (SSSR count). The van der Waals surface area contributed by atoms with Gasteiger partial charge >= 0.3 is 0 Å². The van der Waals surface area contributed by atoms with E-state index >= 15 is 0 Å². The molecular formula is C16H17N5O2. The summed E-state index contributed by atoms with van der Waals surface area (Å²) < 4.78 is 8.97. The molecule has 3 aromatic rings. The van der Waals surface area contributed by atoms with Crippen LogP contribution < -0.4 is 5.32 Å². The van der Waals surface area contributed by atoms with Crippen molar-refractivity contribution < 1.29 is 9.21 Å². The topological polar surface area (TPSA) is 77.9 Å². The number of aromatic nitrogens is 4. The van der Waals surface area contributed by atoms with Gasteiger partial charge < -0.3 is 9.73 Å². The Bertz CT molecular complexity index is 859. The number of hydrogen-bond donors (Lipinski definition) is 1. The molecule has 7 heteroatoms. The monoisotopic (exact) mass is 311 g/mol. The number of carbonyl (C=O) groups is 1. The Morgan fingerprint density at radius 2 is 2.17 bits per heavy atom. The lowest BCUT2D eigenvalue weighted by Crippen LogP contribution is -2.25. The van der Waals surface area contributed by atoms with E-state index in [4.69, 9.17) is 4.42 Å². The molecule has 1 aliphatic rings. The summed E-state index contributed by atoms with van der Waals surface area (Å²) in [6.07, 6.45) is 5.71. The molecule has 0 spiro atoms. The zero-order valence-corrected chi connectivity index (χ0v) is 13.0. The second-order valence-electron chi connectivity index (χ2n) is 5.80. The Labute approximate surface area is 132 Å². The van der Waals surface area contributed by atoms with E-state index in [1.165, 1.54) is 0 Å². The summed E-state index contributed by atoms with van der Waals surface area (Å²) in [6.45, 7) is 2.50. The molecule has 0 saturated heterocycles. The third kappa shape index (κ3) is 2.25. The number of furan rings is 1. The molecular weight excluding hydrogens is 294 g/mol. The first-order valence-corrected chi connectivity index (χ1v) is 7.50. The zero-order chi connectivity index (χ0) is 16.0. The summed E-state index contributed by atoms with van der Waals surface area (Å²) in [6, 6.07) is 3.73. The second kappa shape index (κ2) is 5.12. The SMILES string of the molecule is Cc1c(C2CC(=O)Nc3c2cnn3Cc2ccco2)cnn1C. The van der Waals surface area contributed by atoms with E-state index in [2.05, 4.69) is 15.5 Å². The highest BCUT2D eigenvalue weighted by Gasteiger charge is 2.31. The summed E-state index contributed by atoms with van der Waals surface area (Å²) in [5, 5.41) is 11.7. The van der Waals surface area contributed by atoms with Gasteiger partial charge in [-0.25, -0.2) is 4.68 Å². The molecule has 7 nitrogen and oxygen atoms in total. The number of amides is 1. The smallest absolute Gasteiger partial charge is 0.226 e. The van der Waals surface area contributed by atoms with Crippen molar-refractivity contribution in [3.05, 3.63) is 53.4 Å². The molecule has 1 unspecified atom stereocenters. The third-order valence-electron chi connectivity index (χ3n) is 4.42. The van der Waals surface area contributed by atoms with Crippen LogP contribution >= 0.6 is 0 Å². The standard InChI is InChI=1S/C16H17N5O2/c1-10-13(7-17-20(10)2)12-6-15(22)19-16-14(12)8-18-21(16)9-11-4-3-5-23-11/h3-5,7-8,12H,6,9H2,1-2H3,(H,19,22). The van der Waals surface area contributed by atoms with Gasteiger partial charge in [-0.3, -0.25) is 9.48 Å². The molecule has 23 heavy (non-hydrogen) atoms. The number of rotatable bonds is 3. The zero-order valence-electron chi connectivity index (χ0n) is 13.0. The predicted molar refractivity (Wildman–Crippen MR) is 83.1 cm³/mol. The van der Waals surface area contributed by atoms with Crippen molar-refractivity contribution in [1.82, 2.24) is 19.6 Å². The van der Waals surface area contributed by atoms with Crippen molar-refractivity contribution >= 4 is 11.7 Å². The number of carbonyl (C=O) groups excluding carboxylic acids is 1. The summed E-state index contributed by atoms with van der Waals surface area (Å²) in [5.74, 6) is 1.51. The quantitative estimate of drug-likeness (QED) is 0.803. The van der Waals surface area contributed by atoms with Gasteiger partial charge in [-0.05, 0) is 19.1 Å². The largest absolute Gasteiger partial charge is 0.467 e. The first-order valence-electron chi connectivity index (χ1n) is 7.50. The van der Waals surface area contributed by atoms with Crippen LogP contribution in [0.25, 0.3) is 0 Å². The predicted octanol–water partition coefficient (Wildman–Crippen LogP) is 2.04. The lowest BCUT2D eigenvalue weighted by atomic mass is 9.88. The number of nitrogens with zero attached hydrogens (tertiary/aromatic N) is 4. The summed E-state index contributed by atoms with van der Waals surface area (Å²) in [5.41, 5.74) is 3.16. The van der Waals surface area contributed by atoms with Crippen molar-refractivity contribution in [3.8, 4) is 0 Å². The molecule has 3 aromatic heterocycles. The summed E-state index contributed by atoms with van der Waals surface area (Å²) in [7, 11) is 1.91. The molecule has 1 aliphatic heterocycles. The van der Waals surface area contributed by atoms with Crippen molar-refractivity contribution in [3.63, 3.8) is 0 Å². The van der Waals surface area contributed by atoms with Crippen LogP contribution in [0.15, 0.2) is 35.2 Å². The maximum atomic E-state index is 12.2. The highest BCUT2D eigenvalue weighted by Crippen LogP contribution is 2.38. The molecule has 0 aliphatic carbocycles. The second-order valence-corrected chi connectivity index (χ2v) is 5.80. The number of aryl methyl sites for hydroxylation is 1. The normalized spacial score (nSPS) is 17.1. The van der Waals surface area contributed by atoms with Gasteiger partial charge in [0.1, 0.15) is 18.1 Å². The van der Waals surface area contributed by atoms with E-state index < -0.39 is 0 Å². The van der Waals surface area contributed by atoms with E-state index in [-0.39, 0.29) is 11.8 Å². The van der Waals surface area contributed by atoms with E-state index in [0.29, 0.717) is 13.0 Å². The fraction of sp³-hybridized carbons (Fsp3) is 0.312. The molecule has 1 N–H and O–H groups in total. The van der Waals surface area contributed by atoms with Crippen LogP contribution in [0.2, 0.25) is 0 Å². The number of anilines is 1. The number of nitrogens with one attached hydrogen (secondary N) is 1. The van der Waals surface area contributed by atoms with Crippen LogP contribution in [-0.2, 0) is 18.4 Å². The van der Waals surface area contributed by atoms with Gasteiger partial charge in [-0.2, -0.15) is 10.2 Å². The molecule has 4 heterocycles. The fourth-order valence-electron chi connectivity index (χ4n) is 3.08. The van der Waals surface area contributed by atoms with Gasteiger partial charge in [0.15, 0.2) is 0 Å². The third-order valence-corrected chi connectivity index (χ3v) is 4.42. The van der Waals surface area contributed by atoms with Gasteiger partial charge in [-0.15, -0.1) is 0 Å². The Hall–Kier alpha value is -2.83. The minimum atomic E-state index is -0.0159. The molecule has 0 fully saturated rings. The van der Waals surface area contributed by atoms with Crippen LogP contribution in [0.5, 0.6) is 0 Å².